The maximum Gasteiger partial charge on any atom is 0.0991 e. The Morgan fingerprint density at radius 1 is 0.323 bits per heavy atom. The van der Waals surface area contributed by atoms with Gasteiger partial charge in [-0.3, -0.25) is 0 Å². The third-order valence-electron chi connectivity index (χ3n) is 12.7. The molecule has 0 saturated carbocycles. The molecule has 0 amide bonds. The van der Waals surface area contributed by atoms with Crippen LogP contribution in [0.25, 0.3) is 76.2 Å². The summed E-state index contributed by atoms with van der Waals surface area (Å²) in [7, 11) is 0. The van der Waals surface area contributed by atoms with Crippen molar-refractivity contribution in [2.24, 2.45) is 0 Å². The number of aromatic nitrogens is 2. The molecule has 0 aliphatic heterocycles. The molecule has 4 heterocycles. The van der Waals surface area contributed by atoms with Crippen LogP contribution in [0.1, 0.15) is 11.1 Å². The summed E-state index contributed by atoms with van der Waals surface area (Å²) >= 11 is 0. The summed E-state index contributed by atoms with van der Waals surface area (Å²) in [5, 5.41) is 29.2. The second-order valence-corrected chi connectivity index (χ2v) is 16.0. The van der Waals surface area contributed by atoms with Crippen molar-refractivity contribution in [1.82, 2.24) is 8.80 Å². The second-order valence-electron chi connectivity index (χ2n) is 16.0. The fourth-order valence-corrected chi connectivity index (χ4v) is 10.2. The van der Waals surface area contributed by atoms with E-state index >= 15 is 0 Å². The van der Waals surface area contributed by atoms with Gasteiger partial charge in [-0.15, -0.1) is 0 Å². The van der Waals surface area contributed by atoms with E-state index in [9.17, 15) is 10.5 Å². The molecule has 0 saturated heterocycles. The van der Waals surface area contributed by atoms with Crippen molar-refractivity contribution in [2.75, 3.05) is 9.80 Å². The lowest BCUT2D eigenvalue weighted by Crippen LogP contribution is -2.10. The zero-order valence-corrected chi connectivity index (χ0v) is 33.2. The molecule has 62 heavy (non-hydrogen) atoms. The molecule has 0 aliphatic carbocycles. The maximum atomic E-state index is 10.2. The van der Waals surface area contributed by atoms with Gasteiger partial charge in [0.1, 0.15) is 0 Å². The highest BCUT2D eigenvalue weighted by Gasteiger charge is 2.28. The standard InChI is InChI=1S/C56H32N6/c57-33-35-21-25-47-45(29-35)53-49(59(37-13-5-1-6-14-37)38-15-7-2-8-16-38)27-23-41-43-31-52-44(32-51(43)61(47)55(41)53)42-24-28-50(54-46-30-36(34-58)22-26-48(46)62(52)56(42)54)60(39-17-9-3-10-18-39)40-19-11-4-12-20-40/h1-32H. The molecule has 6 heteroatoms. The van der Waals surface area contributed by atoms with Crippen LogP contribution in [0.4, 0.5) is 34.1 Å². The van der Waals surface area contributed by atoms with Crippen LogP contribution in [0.5, 0.6) is 0 Å². The molecule has 0 N–H and O–H groups in total. The number of fused-ring (bicyclic) bond motifs is 12. The fourth-order valence-electron chi connectivity index (χ4n) is 10.2. The van der Waals surface area contributed by atoms with Gasteiger partial charge < -0.3 is 18.6 Å². The minimum atomic E-state index is 0.627. The van der Waals surface area contributed by atoms with E-state index in [1.165, 1.54) is 0 Å². The maximum absolute atomic E-state index is 10.2. The van der Waals surface area contributed by atoms with Crippen LogP contribution >= 0.6 is 0 Å². The Hall–Kier alpha value is -8.84. The molecule has 0 unspecified atom stereocenters. The number of rotatable bonds is 6. The van der Waals surface area contributed by atoms with Crippen LogP contribution in [0, 0.1) is 22.7 Å². The molecule has 0 atom stereocenters. The monoisotopic (exact) mass is 788 g/mol. The summed E-state index contributed by atoms with van der Waals surface area (Å²) < 4.78 is 4.83. The van der Waals surface area contributed by atoms with Gasteiger partial charge >= 0.3 is 0 Å². The Labute approximate surface area is 355 Å². The third-order valence-corrected chi connectivity index (χ3v) is 12.7. The van der Waals surface area contributed by atoms with E-state index in [2.05, 4.69) is 188 Å². The summed E-state index contributed by atoms with van der Waals surface area (Å²) in [5.74, 6) is 0. The topological polar surface area (TPSA) is 62.9 Å². The molecule has 0 fully saturated rings. The van der Waals surface area contributed by atoms with E-state index < -0.39 is 0 Å². The summed E-state index contributed by atoms with van der Waals surface area (Å²) in [4.78, 5) is 4.65. The van der Waals surface area contributed by atoms with Crippen molar-refractivity contribution >= 4 is 110 Å². The first-order valence-electron chi connectivity index (χ1n) is 20.7. The van der Waals surface area contributed by atoms with Crippen molar-refractivity contribution in [2.45, 2.75) is 0 Å². The average Bonchev–Trinajstić information content (AvgIpc) is 4.06. The van der Waals surface area contributed by atoms with Gasteiger partial charge in [-0.05, 0) is 109 Å². The predicted octanol–water partition coefficient (Wildman–Crippen LogP) is 14.7. The molecule has 9 aromatic carbocycles. The lowest BCUT2D eigenvalue weighted by atomic mass is 10.0. The Bertz CT molecular complexity index is 3650. The third kappa shape index (κ3) is 4.61. The van der Waals surface area contributed by atoms with Crippen LogP contribution in [-0.4, -0.2) is 8.80 Å². The smallest absolute Gasteiger partial charge is 0.0991 e. The van der Waals surface area contributed by atoms with Crippen molar-refractivity contribution in [3.05, 3.63) is 205 Å². The summed E-state index contributed by atoms with van der Waals surface area (Å²) in [5.41, 5.74) is 14.2. The molecule has 4 aromatic heterocycles. The van der Waals surface area contributed by atoms with E-state index in [0.29, 0.717) is 11.1 Å². The number of nitrogens with zero attached hydrogens (tertiary/aromatic N) is 6. The first kappa shape index (κ1) is 34.1. The zero-order chi connectivity index (χ0) is 41.1. The largest absolute Gasteiger partial charge is 0.310 e. The normalized spacial score (nSPS) is 11.8. The summed E-state index contributed by atoms with van der Waals surface area (Å²) in [6.45, 7) is 0. The summed E-state index contributed by atoms with van der Waals surface area (Å²) in [6.07, 6.45) is 0. The van der Waals surface area contributed by atoms with E-state index in [0.717, 1.165) is 110 Å². The highest BCUT2D eigenvalue weighted by molar-refractivity contribution is 6.32. The molecule has 0 aliphatic rings. The molecule has 0 spiro atoms. The Morgan fingerprint density at radius 3 is 1.02 bits per heavy atom. The lowest BCUT2D eigenvalue weighted by molar-refractivity contribution is 1.30. The Morgan fingerprint density at radius 2 is 0.677 bits per heavy atom. The van der Waals surface area contributed by atoms with Crippen molar-refractivity contribution < 1.29 is 0 Å². The van der Waals surface area contributed by atoms with Crippen molar-refractivity contribution in [3.8, 4) is 12.1 Å². The van der Waals surface area contributed by atoms with Gasteiger partial charge in [-0.25, -0.2) is 0 Å². The SMILES string of the molecule is N#Cc1ccc2c(c1)c1c(N(c3ccccc3)c3ccccc3)ccc3c4cc5c(cc4n2c31)c1ccc(N(c2ccccc2)c2ccccc2)c2c3cc(C#N)ccc3n5c12. The van der Waals surface area contributed by atoms with Crippen LogP contribution in [0.15, 0.2) is 194 Å². The molecule has 13 aromatic rings. The van der Waals surface area contributed by atoms with Gasteiger partial charge in [0.05, 0.1) is 67.7 Å². The first-order valence-corrected chi connectivity index (χ1v) is 20.7. The summed E-state index contributed by atoms with van der Waals surface area (Å²) in [6, 6.07) is 72.8. The zero-order valence-electron chi connectivity index (χ0n) is 33.2. The van der Waals surface area contributed by atoms with Crippen LogP contribution < -0.4 is 9.80 Å². The van der Waals surface area contributed by atoms with Gasteiger partial charge in [0, 0.05) is 65.8 Å². The van der Waals surface area contributed by atoms with Crippen molar-refractivity contribution in [3.63, 3.8) is 0 Å². The second kappa shape index (κ2) is 12.8. The van der Waals surface area contributed by atoms with Crippen molar-refractivity contribution in [1.29, 1.82) is 10.5 Å². The Kier molecular flexibility index (Phi) is 7.05. The van der Waals surface area contributed by atoms with Gasteiger partial charge in [0.2, 0.25) is 0 Å². The number of hydrogen-bond donors (Lipinski definition) is 0. The predicted molar refractivity (Wildman–Crippen MR) is 255 cm³/mol. The highest BCUT2D eigenvalue weighted by atomic mass is 15.2. The first-order chi connectivity index (χ1) is 30.7. The van der Waals surface area contributed by atoms with Gasteiger partial charge in [0.25, 0.3) is 0 Å². The van der Waals surface area contributed by atoms with E-state index in [1.807, 2.05) is 36.4 Å². The average molecular weight is 789 g/mol. The molecular weight excluding hydrogens is 757 g/mol. The number of hydrogen-bond acceptors (Lipinski definition) is 4. The quantitative estimate of drug-likeness (QED) is 0.168. The van der Waals surface area contributed by atoms with Crippen LogP contribution in [0.2, 0.25) is 0 Å². The molecule has 0 bridgehead atoms. The number of anilines is 6. The fraction of sp³-hybridized carbons (Fsp3) is 0. The molecule has 13 rings (SSSR count). The van der Waals surface area contributed by atoms with E-state index in [4.69, 9.17) is 0 Å². The number of benzene rings is 9. The minimum absolute atomic E-state index is 0.627. The molecular formula is C56H32N6. The number of para-hydroxylation sites is 4. The molecule has 6 nitrogen and oxygen atoms in total. The van der Waals surface area contributed by atoms with Gasteiger partial charge in [-0.1, -0.05) is 84.9 Å². The van der Waals surface area contributed by atoms with Crippen LogP contribution in [-0.2, 0) is 0 Å². The van der Waals surface area contributed by atoms with Crippen LogP contribution in [0.3, 0.4) is 0 Å². The molecule has 286 valence electrons. The molecule has 0 radical (unpaired) electrons. The highest BCUT2D eigenvalue weighted by Crippen LogP contribution is 2.51. The minimum Gasteiger partial charge on any atom is -0.310 e. The number of nitriles is 2. The Balaban J connectivity index is 1.16. The van der Waals surface area contributed by atoms with Gasteiger partial charge in [0.15, 0.2) is 0 Å². The van der Waals surface area contributed by atoms with E-state index in [-0.39, 0.29) is 0 Å². The van der Waals surface area contributed by atoms with Gasteiger partial charge in [-0.2, -0.15) is 10.5 Å². The lowest BCUT2D eigenvalue weighted by Gasteiger charge is -2.26. The van der Waals surface area contributed by atoms with E-state index in [1.54, 1.807) is 0 Å².